The second kappa shape index (κ2) is 3.88. The van der Waals surface area contributed by atoms with Crippen LogP contribution in [0.1, 0.15) is 11.3 Å². The van der Waals surface area contributed by atoms with Gasteiger partial charge in [-0.2, -0.15) is 0 Å². The van der Waals surface area contributed by atoms with Gasteiger partial charge in [0, 0.05) is 6.20 Å². The van der Waals surface area contributed by atoms with Crippen LogP contribution in [0.15, 0.2) is 24.4 Å². The third kappa shape index (κ3) is 2.16. The summed E-state index contributed by atoms with van der Waals surface area (Å²) < 4.78 is 0. The highest BCUT2D eigenvalue weighted by Crippen LogP contribution is 2.04. The monoisotopic (exact) mass is 149 g/mol. The lowest BCUT2D eigenvalue weighted by Gasteiger charge is -1.95. The van der Waals surface area contributed by atoms with Gasteiger partial charge in [-0.1, -0.05) is 12.1 Å². The van der Waals surface area contributed by atoms with Crippen LogP contribution in [0.2, 0.25) is 0 Å². The van der Waals surface area contributed by atoms with Gasteiger partial charge < -0.3 is 5.11 Å². The van der Waals surface area contributed by atoms with Gasteiger partial charge in [-0.3, -0.25) is 4.98 Å². The molecule has 58 valence electrons. The van der Waals surface area contributed by atoms with Gasteiger partial charge in [-0.05, 0) is 24.6 Å². The van der Waals surface area contributed by atoms with E-state index >= 15 is 0 Å². The molecule has 0 saturated carbocycles. The number of hydrogen-bond acceptors (Lipinski definition) is 2. The molecule has 1 aromatic rings. The van der Waals surface area contributed by atoms with Gasteiger partial charge in [-0.25, -0.2) is 0 Å². The molecule has 0 atom stereocenters. The summed E-state index contributed by atoms with van der Waals surface area (Å²) in [5, 5.41) is 8.50. The Hall–Kier alpha value is -1.15. The maximum atomic E-state index is 8.50. The van der Waals surface area contributed by atoms with Gasteiger partial charge in [-0.15, -0.1) is 0 Å². The van der Waals surface area contributed by atoms with Crippen LogP contribution in [-0.2, 0) is 0 Å². The van der Waals surface area contributed by atoms with Crippen molar-refractivity contribution in [2.24, 2.45) is 0 Å². The molecule has 0 amide bonds. The van der Waals surface area contributed by atoms with Crippen LogP contribution >= 0.6 is 0 Å². The first-order valence-electron chi connectivity index (χ1n) is 3.53. The van der Waals surface area contributed by atoms with E-state index in [2.05, 4.69) is 4.98 Å². The quantitative estimate of drug-likeness (QED) is 0.689. The Kier molecular flexibility index (Phi) is 2.81. The molecule has 0 aromatic carbocycles. The number of nitrogens with zero attached hydrogens (tertiary/aromatic N) is 1. The Morgan fingerprint density at radius 3 is 3.09 bits per heavy atom. The molecule has 0 aliphatic rings. The molecule has 0 unspecified atom stereocenters. The molecule has 1 N–H and O–H groups in total. The summed E-state index contributed by atoms with van der Waals surface area (Å²) in [7, 11) is 0. The Morgan fingerprint density at radius 1 is 1.64 bits per heavy atom. The maximum Gasteiger partial charge on any atom is 0.0656 e. The number of hydrogen-bond donors (Lipinski definition) is 1. The first-order valence-corrected chi connectivity index (χ1v) is 3.53. The number of pyridine rings is 1. The van der Waals surface area contributed by atoms with Crippen molar-refractivity contribution in [1.82, 2.24) is 4.98 Å². The summed E-state index contributed by atoms with van der Waals surface area (Å²) in [6, 6.07) is 3.88. The Balaban J connectivity index is 2.86. The number of aryl methyl sites for hydroxylation is 1. The molecule has 1 rings (SSSR count). The Morgan fingerprint density at radius 2 is 2.45 bits per heavy atom. The van der Waals surface area contributed by atoms with Gasteiger partial charge in [0.15, 0.2) is 0 Å². The molecule has 0 fully saturated rings. The minimum Gasteiger partial charge on any atom is -0.392 e. The highest BCUT2D eigenvalue weighted by atomic mass is 16.2. The molecular weight excluding hydrogens is 138 g/mol. The van der Waals surface area contributed by atoms with E-state index in [1.165, 1.54) is 0 Å². The van der Waals surface area contributed by atoms with Crippen molar-refractivity contribution in [1.29, 1.82) is 0 Å². The Bertz CT molecular complexity index is 255. The van der Waals surface area contributed by atoms with Crippen molar-refractivity contribution in [2.45, 2.75) is 6.92 Å². The largest absolute Gasteiger partial charge is 0.392 e. The average Bonchev–Trinajstić information content (AvgIpc) is 2.03. The lowest BCUT2D eigenvalue weighted by Crippen LogP contribution is -1.84. The predicted molar refractivity (Wildman–Crippen MR) is 45.1 cm³/mol. The zero-order valence-corrected chi connectivity index (χ0v) is 6.49. The van der Waals surface area contributed by atoms with Crippen molar-refractivity contribution in [3.63, 3.8) is 0 Å². The third-order valence-electron chi connectivity index (χ3n) is 1.43. The van der Waals surface area contributed by atoms with E-state index in [-0.39, 0.29) is 6.61 Å². The van der Waals surface area contributed by atoms with E-state index in [1.54, 1.807) is 12.3 Å². The zero-order valence-electron chi connectivity index (χ0n) is 6.49. The molecule has 0 saturated heterocycles. The fourth-order valence-corrected chi connectivity index (χ4v) is 0.837. The summed E-state index contributed by atoms with van der Waals surface area (Å²) in [6.45, 7) is 2.06. The van der Waals surface area contributed by atoms with E-state index in [0.29, 0.717) is 0 Å². The number of aliphatic hydroxyl groups excluding tert-OH is 1. The van der Waals surface area contributed by atoms with Crippen LogP contribution in [0.3, 0.4) is 0 Å². The zero-order chi connectivity index (χ0) is 8.10. The van der Waals surface area contributed by atoms with E-state index < -0.39 is 0 Å². The minimum absolute atomic E-state index is 0.0655. The van der Waals surface area contributed by atoms with E-state index in [4.69, 9.17) is 5.11 Å². The molecule has 1 heterocycles. The SMILES string of the molecule is Cc1cccnc1C=CCO. The van der Waals surface area contributed by atoms with Crippen LogP contribution in [0.4, 0.5) is 0 Å². The summed E-state index contributed by atoms with van der Waals surface area (Å²) >= 11 is 0. The first kappa shape index (κ1) is 7.95. The normalized spacial score (nSPS) is 10.7. The van der Waals surface area contributed by atoms with E-state index in [0.717, 1.165) is 11.3 Å². The van der Waals surface area contributed by atoms with Crippen molar-refractivity contribution < 1.29 is 5.11 Å². The van der Waals surface area contributed by atoms with Gasteiger partial charge >= 0.3 is 0 Å². The van der Waals surface area contributed by atoms with Gasteiger partial charge in [0.05, 0.1) is 12.3 Å². The fourth-order valence-electron chi connectivity index (χ4n) is 0.837. The predicted octanol–water partition coefficient (Wildman–Crippen LogP) is 1.40. The molecule has 2 heteroatoms. The van der Waals surface area contributed by atoms with Crippen LogP contribution in [0, 0.1) is 6.92 Å². The van der Waals surface area contributed by atoms with Gasteiger partial charge in [0.1, 0.15) is 0 Å². The van der Waals surface area contributed by atoms with Crippen molar-refractivity contribution in [3.8, 4) is 0 Å². The Labute approximate surface area is 66.2 Å². The molecule has 11 heavy (non-hydrogen) atoms. The van der Waals surface area contributed by atoms with Gasteiger partial charge in [0.25, 0.3) is 0 Å². The van der Waals surface area contributed by atoms with Crippen LogP contribution in [-0.4, -0.2) is 16.7 Å². The summed E-state index contributed by atoms with van der Waals surface area (Å²) in [6.07, 6.45) is 5.23. The number of rotatable bonds is 2. The molecule has 0 spiro atoms. The van der Waals surface area contributed by atoms with Crippen molar-refractivity contribution in [2.75, 3.05) is 6.61 Å². The highest BCUT2D eigenvalue weighted by molar-refractivity contribution is 5.48. The van der Waals surface area contributed by atoms with Crippen molar-refractivity contribution >= 4 is 6.08 Å². The van der Waals surface area contributed by atoms with Crippen molar-refractivity contribution in [3.05, 3.63) is 35.7 Å². The molecule has 2 nitrogen and oxygen atoms in total. The first-order chi connectivity index (χ1) is 5.34. The topological polar surface area (TPSA) is 33.1 Å². The van der Waals surface area contributed by atoms with Crippen LogP contribution < -0.4 is 0 Å². The lowest BCUT2D eigenvalue weighted by molar-refractivity contribution is 0.343. The number of aromatic nitrogens is 1. The summed E-state index contributed by atoms with van der Waals surface area (Å²) in [5.41, 5.74) is 2.04. The second-order valence-corrected chi connectivity index (χ2v) is 2.29. The third-order valence-corrected chi connectivity index (χ3v) is 1.43. The van der Waals surface area contributed by atoms with Crippen LogP contribution in [0.25, 0.3) is 6.08 Å². The standard InChI is InChI=1S/C9H11NO/c1-8-4-2-6-10-9(8)5-3-7-11/h2-6,11H,7H2,1H3. The smallest absolute Gasteiger partial charge is 0.0656 e. The van der Waals surface area contributed by atoms with Gasteiger partial charge in [0.2, 0.25) is 0 Å². The molecule has 0 aliphatic carbocycles. The molecule has 0 radical (unpaired) electrons. The molecular formula is C9H11NO. The molecule has 0 aliphatic heterocycles. The van der Waals surface area contributed by atoms with Crippen LogP contribution in [0.5, 0.6) is 0 Å². The average molecular weight is 149 g/mol. The highest BCUT2D eigenvalue weighted by Gasteiger charge is 1.90. The minimum atomic E-state index is 0.0655. The fraction of sp³-hybridized carbons (Fsp3) is 0.222. The molecule has 0 bridgehead atoms. The second-order valence-electron chi connectivity index (χ2n) is 2.29. The summed E-state index contributed by atoms with van der Waals surface area (Å²) in [5.74, 6) is 0. The number of aliphatic hydroxyl groups is 1. The van der Waals surface area contributed by atoms with E-state index in [9.17, 15) is 0 Å². The maximum absolute atomic E-state index is 8.50. The van der Waals surface area contributed by atoms with E-state index in [1.807, 2.05) is 25.1 Å². The molecule has 1 aromatic heterocycles. The lowest BCUT2D eigenvalue weighted by atomic mass is 10.2. The summed E-state index contributed by atoms with van der Waals surface area (Å²) in [4.78, 5) is 4.12.